The summed E-state index contributed by atoms with van der Waals surface area (Å²) in [5.41, 5.74) is 13.3. The fourth-order valence-corrected chi connectivity index (χ4v) is 7.98. The van der Waals surface area contributed by atoms with Crippen molar-refractivity contribution in [2.24, 2.45) is 0 Å². The molecule has 0 bridgehead atoms. The van der Waals surface area contributed by atoms with Gasteiger partial charge >= 0.3 is 0 Å². The molecule has 254 valence electrons. The van der Waals surface area contributed by atoms with Gasteiger partial charge in [0.1, 0.15) is 34.4 Å². The quantitative estimate of drug-likeness (QED) is 0.201. The monoisotopic (exact) mass is 679 g/mol. The van der Waals surface area contributed by atoms with Gasteiger partial charge in [0, 0.05) is 33.7 Å². The van der Waals surface area contributed by atoms with Gasteiger partial charge in [-0.3, -0.25) is 9.38 Å². The van der Waals surface area contributed by atoms with Crippen LogP contribution in [0.2, 0.25) is 0 Å². The highest BCUT2D eigenvalue weighted by atomic mass is 16.3. The minimum Gasteiger partial charge on any atom is -0.507 e. The largest absolute Gasteiger partial charge is 0.507 e. The summed E-state index contributed by atoms with van der Waals surface area (Å²) in [6.07, 6.45) is 3.70. The van der Waals surface area contributed by atoms with Crippen LogP contribution in [0.5, 0.6) is 5.75 Å². The molecule has 5 aromatic carbocycles. The molecule has 0 fully saturated rings. The second-order valence-electron chi connectivity index (χ2n) is 16.1. The molecular weight excluding hydrogens is 643 g/mol. The highest BCUT2D eigenvalue weighted by Gasteiger charge is 2.29. The highest BCUT2D eigenvalue weighted by molar-refractivity contribution is 6.31. The molecule has 1 N–H and O–H groups in total. The molecule has 0 amide bonds. The van der Waals surface area contributed by atoms with Crippen LogP contribution in [0.25, 0.3) is 94.0 Å². The Hall–Kier alpha value is -6.14. The maximum absolute atomic E-state index is 12.2. The number of furan rings is 2. The van der Waals surface area contributed by atoms with E-state index in [4.69, 9.17) is 18.8 Å². The SMILES string of the molecule is CC(C)(C)c1cc(-c2cc(-c3ccccc3)ccn2)cc(-c2cccc3c2nc2c4c(O)c(C(C)(C)C)cc5oc6ccc7occ(c7c6c54)n32)c1. The normalized spacial score (nSPS) is 12.9. The molecule has 0 saturated heterocycles. The maximum atomic E-state index is 12.2. The number of hydrogen-bond acceptors (Lipinski definition) is 5. The average molecular weight is 680 g/mol. The van der Waals surface area contributed by atoms with Gasteiger partial charge in [-0.05, 0) is 81.6 Å². The molecular formula is C46H37N3O3. The van der Waals surface area contributed by atoms with Gasteiger partial charge in [0.2, 0.25) is 0 Å². The summed E-state index contributed by atoms with van der Waals surface area (Å²) in [5, 5.41) is 15.6. The molecule has 5 heterocycles. The second-order valence-corrected chi connectivity index (χ2v) is 16.1. The van der Waals surface area contributed by atoms with Crippen LogP contribution in [0.3, 0.4) is 0 Å². The Balaban J connectivity index is 1.31. The number of rotatable bonds is 3. The van der Waals surface area contributed by atoms with Crippen molar-refractivity contribution in [3.63, 3.8) is 0 Å². The van der Waals surface area contributed by atoms with Crippen LogP contribution in [0.4, 0.5) is 0 Å². The van der Waals surface area contributed by atoms with E-state index in [-0.39, 0.29) is 16.6 Å². The standard InChI is InChI=1S/C46H37N3O3/c1-45(2,3)29-20-27(19-28(21-29)32-22-26(17-18-47-32)25-11-8-7-9-12-25)30-13-10-14-33-42(30)48-44-41-40-37(23-31(43(41)50)46(4,5)6)52-36-16-15-35-38(39(36)40)34(24-51-35)49(33)44/h7-24,50H,1-6H3. The molecule has 0 aliphatic carbocycles. The minimum atomic E-state index is -0.343. The first-order valence-corrected chi connectivity index (χ1v) is 17.8. The van der Waals surface area contributed by atoms with Crippen molar-refractivity contribution in [2.45, 2.75) is 52.4 Å². The lowest BCUT2D eigenvalue weighted by atomic mass is 9.83. The summed E-state index contributed by atoms with van der Waals surface area (Å²) >= 11 is 0. The first-order chi connectivity index (χ1) is 25.0. The summed E-state index contributed by atoms with van der Waals surface area (Å²) in [5.74, 6) is 0.223. The number of aromatic nitrogens is 3. The predicted octanol–water partition coefficient (Wildman–Crippen LogP) is 12.4. The van der Waals surface area contributed by atoms with Crippen LogP contribution >= 0.6 is 0 Å². The third-order valence-corrected chi connectivity index (χ3v) is 10.6. The molecule has 10 aromatic rings. The van der Waals surface area contributed by atoms with Crippen LogP contribution in [-0.2, 0) is 10.8 Å². The number of phenols is 1. The predicted molar refractivity (Wildman–Crippen MR) is 212 cm³/mol. The summed E-state index contributed by atoms with van der Waals surface area (Å²) in [7, 11) is 0. The lowest BCUT2D eigenvalue weighted by molar-refractivity contribution is 0.452. The minimum absolute atomic E-state index is 0.120. The van der Waals surface area contributed by atoms with E-state index in [1.54, 1.807) is 6.26 Å². The average Bonchev–Trinajstić information content (AvgIpc) is 3.81. The van der Waals surface area contributed by atoms with E-state index in [0.717, 1.165) is 88.5 Å². The molecule has 6 heteroatoms. The number of nitrogens with zero attached hydrogens (tertiary/aromatic N) is 3. The summed E-state index contributed by atoms with van der Waals surface area (Å²) in [6, 6.07) is 33.7. The second kappa shape index (κ2) is 10.5. The molecule has 10 rings (SSSR count). The van der Waals surface area contributed by atoms with Crippen LogP contribution in [-0.4, -0.2) is 19.5 Å². The van der Waals surface area contributed by atoms with Gasteiger partial charge in [-0.2, -0.15) is 0 Å². The van der Waals surface area contributed by atoms with E-state index >= 15 is 0 Å². The fraction of sp³-hybridized carbons (Fsp3) is 0.174. The highest BCUT2D eigenvalue weighted by Crippen LogP contribution is 2.49. The van der Waals surface area contributed by atoms with Gasteiger partial charge in [-0.25, -0.2) is 4.98 Å². The van der Waals surface area contributed by atoms with Crippen LogP contribution in [0.1, 0.15) is 52.7 Å². The van der Waals surface area contributed by atoms with Gasteiger partial charge in [0.15, 0.2) is 0 Å². The molecule has 6 nitrogen and oxygen atoms in total. The Bertz CT molecular complexity index is 3040. The summed E-state index contributed by atoms with van der Waals surface area (Å²) < 4.78 is 14.9. The molecule has 0 unspecified atom stereocenters. The van der Waals surface area contributed by atoms with Gasteiger partial charge < -0.3 is 13.9 Å². The van der Waals surface area contributed by atoms with E-state index in [1.807, 2.05) is 30.5 Å². The number of benzene rings is 5. The summed E-state index contributed by atoms with van der Waals surface area (Å²) in [6.45, 7) is 13.1. The van der Waals surface area contributed by atoms with Crippen molar-refractivity contribution >= 4 is 60.5 Å². The zero-order valence-electron chi connectivity index (χ0n) is 30.0. The van der Waals surface area contributed by atoms with E-state index in [1.165, 1.54) is 5.56 Å². The topological polar surface area (TPSA) is 76.7 Å². The fourth-order valence-electron chi connectivity index (χ4n) is 7.98. The van der Waals surface area contributed by atoms with Crippen molar-refractivity contribution in [1.82, 2.24) is 14.4 Å². The molecule has 0 aliphatic heterocycles. The number of pyridine rings is 1. The van der Waals surface area contributed by atoms with Crippen molar-refractivity contribution < 1.29 is 13.9 Å². The molecule has 0 aliphatic rings. The van der Waals surface area contributed by atoms with Gasteiger partial charge in [-0.1, -0.05) is 90.1 Å². The van der Waals surface area contributed by atoms with Crippen LogP contribution in [0.15, 0.2) is 118 Å². The molecule has 0 atom stereocenters. The Labute approximate surface area is 300 Å². The maximum Gasteiger partial charge on any atom is 0.150 e. The number of fused-ring (bicyclic) bond motifs is 5. The Morgan fingerprint density at radius 1 is 0.615 bits per heavy atom. The van der Waals surface area contributed by atoms with E-state index in [0.29, 0.717) is 11.0 Å². The van der Waals surface area contributed by atoms with Gasteiger partial charge in [0.25, 0.3) is 0 Å². The Kier molecular flexibility index (Phi) is 6.16. The lowest BCUT2D eigenvalue weighted by Crippen LogP contribution is -2.11. The number of aromatic hydroxyl groups is 1. The van der Waals surface area contributed by atoms with Gasteiger partial charge in [0.05, 0.1) is 33.0 Å². The first-order valence-electron chi connectivity index (χ1n) is 17.8. The van der Waals surface area contributed by atoms with Crippen LogP contribution < -0.4 is 0 Å². The molecule has 0 radical (unpaired) electrons. The number of imidazole rings is 1. The zero-order chi connectivity index (χ0) is 35.7. The van der Waals surface area contributed by atoms with E-state index in [9.17, 15) is 5.11 Å². The molecule has 5 aromatic heterocycles. The Morgan fingerprint density at radius 2 is 1.38 bits per heavy atom. The van der Waals surface area contributed by atoms with Crippen molar-refractivity contribution in [3.05, 3.63) is 121 Å². The Morgan fingerprint density at radius 3 is 2.17 bits per heavy atom. The first kappa shape index (κ1) is 30.7. The smallest absolute Gasteiger partial charge is 0.150 e. The molecule has 0 spiro atoms. The van der Waals surface area contributed by atoms with Crippen molar-refractivity contribution in [3.8, 4) is 39.3 Å². The number of phenolic OH excluding ortho intramolecular Hbond substituents is 1. The van der Waals surface area contributed by atoms with E-state index < -0.39 is 0 Å². The van der Waals surface area contributed by atoms with Gasteiger partial charge in [-0.15, -0.1) is 0 Å². The lowest BCUT2D eigenvalue weighted by Gasteiger charge is -2.22. The molecule has 52 heavy (non-hydrogen) atoms. The molecule has 0 saturated carbocycles. The van der Waals surface area contributed by atoms with Crippen LogP contribution in [0, 0.1) is 0 Å². The van der Waals surface area contributed by atoms with Crippen molar-refractivity contribution in [1.29, 1.82) is 0 Å². The third-order valence-electron chi connectivity index (χ3n) is 10.6. The van der Waals surface area contributed by atoms with E-state index in [2.05, 4.69) is 119 Å². The third kappa shape index (κ3) is 4.37. The number of hydrogen-bond donors (Lipinski definition) is 1. The van der Waals surface area contributed by atoms with Crippen molar-refractivity contribution in [2.75, 3.05) is 0 Å². The number of para-hydroxylation sites is 1. The summed E-state index contributed by atoms with van der Waals surface area (Å²) in [4.78, 5) is 10.3. The zero-order valence-corrected chi connectivity index (χ0v) is 30.0.